The summed E-state index contributed by atoms with van der Waals surface area (Å²) < 4.78 is 36.2. The molecule has 0 saturated carbocycles. The van der Waals surface area contributed by atoms with Gasteiger partial charge in [-0.3, -0.25) is 4.79 Å². The van der Waals surface area contributed by atoms with Crippen molar-refractivity contribution in [1.29, 1.82) is 0 Å². The number of rotatable bonds is 4. The van der Waals surface area contributed by atoms with Crippen molar-refractivity contribution >= 4 is 15.7 Å². The Hall–Kier alpha value is -1.80. The number of fused-ring (bicyclic) bond motifs is 3. The number of hydrogen-bond acceptors (Lipinski definition) is 6. The molecule has 3 aliphatic heterocycles. The third kappa shape index (κ3) is 3.40. The average Bonchev–Trinajstić information content (AvgIpc) is 2.92. The van der Waals surface area contributed by atoms with E-state index in [1.807, 2.05) is 4.90 Å². The molecule has 3 heterocycles. The smallest absolute Gasteiger partial charge is 0.224 e. The van der Waals surface area contributed by atoms with Gasteiger partial charge in [-0.15, -0.1) is 0 Å². The fraction of sp³-hybridized carbons (Fsp3) is 0.611. The molecule has 4 rings (SSSR count). The van der Waals surface area contributed by atoms with Gasteiger partial charge in [0.2, 0.25) is 5.91 Å². The lowest BCUT2D eigenvalue weighted by Crippen LogP contribution is -2.43. The summed E-state index contributed by atoms with van der Waals surface area (Å²) in [7, 11) is -3.55. The minimum Gasteiger partial charge on any atom is -0.486 e. The van der Waals surface area contributed by atoms with E-state index < -0.39 is 9.84 Å². The maximum atomic E-state index is 12.7. The third-order valence-corrected chi connectivity index (χ3v) is 7.11. The molecule has 1 aromatic rings. The number of carbonyl (C=O) groups is 1. The van der Waals surface area contributed by atoms with Crippen molar-refractivity contribution in [3.8, 4) is 11.5 Å². The van der Waals surface area contributed by atoms with E-state index in [1.165, 1.54) is 12.1 Å². The number of hydrogen-bond donors (Lipinski definition) is 1. The van der Waals surface area contributed by atoms with Gasteiger partial charge in [0.15, 0.2) is 21.3 Å². The van der Waals surface area contributed by atoms with E-state index >= 15 is 0 Å². The van der Waals surface area contributed by atoms with Crippen LogP contribution in [-0.2, 0) is 14.6 Å². The van der Waals surface area contributed by atoms with Crippen LogP contribution >= 0.6 is 0 Å². The number of carbonyl (C=O) groups excluding carboxylic acids is 1. The zero-order chi connectivity index (χ0) is 18.1. The molecule has 2 bridgehead atoms. The first-order chi connectivity index (χ1) is 12.5. The predicted molar refractivity (Wildman–Crippen MR) is 95.2 cm³/mol. The molecular formula is C18H24N2O5S. The van der Waals surface area contributed by atoms with E-state index in [0.29, 0.717) is 24.7 Å². The number of nitrogens with one attached hydrogen (secondary N) is 1. The number of nitrogens with zero attached hydrogens (tertiary/aromatic N) is 1. The highest BCUT2D eigenvalue weighted by Gasteiger charge is 2.38. The number of amides is 1. The van der Waals surface area contributed by atoms with Gasteiger partial charge in [-0.25, -0.2) is 8.42 Å². The first-order valence-electron chi connectivity index (χ1n) is 9.19. The van der Waals surface area contributed by atoms with Crippen molar-refractivity contribution in [1.82, 2.24) is 10.2 Å². The van der Waals surface area contributed by atoms with E-state index in [4.69, 9.17) is 9.47 Å². The summed E-state index contributed by atoms with van der Waals surface area (Å²) >= 11 is 0. The SMILES string of the molecule is O=C(CCS(=O)(=O)c1ccc2c(c1)OCCO2)N1C2CCNCC1CC2. The van der Waals surface area contributed by atoms with Gasteiger partial charge in [-0.1, -0.05) is 0 Å². The molecule has 0 aliphatic carbocycles. The number of benzene rings is 1. The molecule has 3 aliphatic rings. The van der Waals surface area contributed by atoms with Crippen LogP contribution in [0.3, 0.4) is 0 Å². The van der Waals surface area contributed by atoms with Gasteiger partial charge in [0.25, 0.3) is 0 Å². The minimum absolute atomic E-state index is 0.0176. The van der Waals surface area contributed by atoms with Crippen LogP contribution < -0.4 is 14.8 Å². The average molecular weight is 380 g/mol. The van der Waals surface area contributed by atoms with Crippen molar-refractivity contribution in [3.63, 3.8) is 0 Å². The molecule has 26 heavy (non-hydrogen) atoms. The Morgan fingerprint density at radius 2 is 1.88 bits per heavy atom. The maximum absolute atomic E-state index is 12.7. The van der Waals surface area contributed by atoms with Gasteiger partial charge in [-0.2, -0.15) is 0 Å². The Morgan fingerprint density at radius 1 is 1.12 bits per heavy atom. The van der Waals surface area contributed by atoms with Crippen molar-refractivity contribution in [2.45, 2.75) is 42.7 Å². The van der Waals surface area contributed by atoms with Crippen LogP contribution in [0.2, 0.25) is 0 Å². The molecular weight excluding hydrogens is 356 g/mol. The highest BCUT2D eigenvalue weighted by molar-refractivity contribution is 7.91. The largest absolute Gasteiger partial charge is 0.486 e. The normalized spacial score (nSPS) is 25.0. The van der Waals surface area contributed by atoms with Crippen LogP contribution in [0.15, 0.2) is 23.1 Å². The highest BCUT2D eigenvalue weighted by Crippen LogP contribution is 2.33. The lowest BCUT2D eigenvalue weighted by molar-refractivity contribution is -0.133. The fourth-order valence-electron chi connectivity index (χ4n) is 4.08. The molecule has 1 amide bonds. The molecule has 1 N–H and O–H groups in total. The summed E-state index contributed by atoms with van der Waals surface area (Å²) in [4.78, 5) is 14.8. The first-order valence-corrected chi connectivity index (χ1v) is 10.8. The molecule has 2 saturated heterocycles. The molecule has 142 valence electrons. The second kappa shape index (κ2) is 7.08. The molecule has 0 radical (unpaired) electrons. The molecule has 2 atom stereocenters. The van der Waals surface area contributed by atoms with E-state index in [2.05, 4.69) is 5.32 Å². The first kappa shape index (κ1) is 17.6. The predicted octanol–water partition coefficient (Wildman–Crippen LogP) is 0.975. The molecule has 0 spiro atoms. The van der Waals surface area contributed by atoms with E-state index in [1.54, 1.807) is 6.07 Å². The van der Waals surface area contributed by atoms with Crippen LogP contribution in [-0.4, -0.2) is 63.4 Å². The molecule has 1 aromatic carbocycles. The Bertz CT molecular complexity index is 781. The molecule has 8 heteroatoms. The summed E-state index contributed by atoms with van der Waals surface area (Å²) in [5.41, 5.74) is 0. The zero-order valence-electron chi connectivity index (χ0n) is 14.6. The Morgan fingerprint density at radius 3 is 2.73 bits per heavy atom. The van der Waals surface area contributed by atoms with Crippen molar-refractivity contribution in [2.75, 3.05) is 32.1 Å². The second-order valence-electron chi connectivity index (χ2n) is 7.05. The summed E-state index contributed by atoms with van der Waals surface area (Å²) in [6.07, 6.45) is 2.98. The lowest BCUT2D eigenvalue weighted by Gasteiger charge is -2.28. The molecule has 2 fully saturated rings. The van der Waals surface area contributed by atoms with Crippen LogP contribution in [0, 0.1) is 0 Å². The van der Waals surface area contributed by atoms with Gasteiger partial charge < -0.3 is 19.7 Å². The summed E-state index contributed by atoms with van der Waals surface area (Å²) in [5, 5.41) is 3.35. The quantitative estimate of drug-likeness (QED) is 0.838. The van der Waals surface area contributed by atoms with Crippen molar-refractivity contribution < 1.29 is 22.7 Å². The highest BCUT2D eigenvalue weighted by atomic mass is 32.2. The molecule has 7 nitrogen and oxygen atoms in total. The monoisotopic (exact) mass is 380 g/mol. The fourth-order valence-corrected chi connectivity index (χ4v) is 5.32. The Kier molecular flexibility index (Phi) is 4.79. The standard InChI is InChI=1S/C18H24N2O5S/c21-18(20-13-1-2-14(20)12-19-7-5-13)6-10-26(22,23)15-3-4-16-17(11-15)25-9-8-24-16/h3-4,11,13-14,19H,1-2,5-10,12H2. The van der Waals surface area contributed by atoms with Crippen molar-refractivity contribution in [3.05, 3.63) is 18.2 Å². The summed E-state index contributed by atoms with van der Waals surface area (Å²) in [5.74, 6) is 0.761. The van der Waals surface area contributed by atoms with E-state index in [9.17, 15) is 13.2 Å². The molecule has 2 unspecified atom stereocenters. The van der Waals surface area contributed by atoms with E-state index in [0.717, 1.165) is 32.4 Å². The van der Waals surface area contributed by atoms with Gasteiger partial charge in [-0.05, 0) is 37.9 Å². The second-order valence-corrected chi connectivity index (χ2v) is 9.16. The Labute approximate surface area is 153 Å². The van der Waals surface area contributed by atoms with Crippen LogP contribution in [0.1, 0.15) is 25.7 Å². The Balaban J connectivity index is 1.44. The number of ether oxygens (including phenoxy) is 2. The zero-order valence-corrected chi connectivity index (χ0v) is 15.5. The van der Waals surface area contributed by atoms with Gasteiger partial charge >= 0.3 is 0 Å². The summed E-state index contributed by atoms with van der Waals surface area (Å²) in [6.45, 7) is 2.58. The van der Waals surface area contributed by atoms with Crippen molar-refractivity contribution in [2.24, 2.45) is 0 Å². The summed E-state index contributed by atoms with van der Waals surface area (Å²) in [6, 6.07) is 5.08. The lowest BCUT2D eigenvalue weighted by atomic mass is 10.1. The third-order valence-electron chi connectivity index (χ3n) is 5.40. The molecule has 0 aromatic heterocycles. The van der Waals surface area contributed by atoms with Gasteiger partial charge in [0, 0.05) is 31.1 Å². The minimum atomic E-state index is -3.55. The van der Waals surface area contributed by atoms with Crippen LogP contribution in [0.25, 0.3) is 0 Å². The maximum Gasteiger partial charge on any atom is 0.224 e. The van der Waals surface area contributed by atoms with Crippen LogP contribution in [0.4, 0.5) is 0 Å². The number of sulfone groups is 1. The van der Waals surface area contributed by atoms with Crippen LogP contribution in [0.5, 0.6) is 11.5 Å². The van der Waals surface area contributed by atoms with Gasteiger partial charge in [0.05, 0.1) is 10.6 Å². The van der Waals surface area contributed by atoms with Gasteiger partial charge in [0.1, 0.15) is 13.2 Å². The van der Waals surface area contributed by atoms with E-state index in [-0.39, 0.29) is 35.1 Å². The topological polar surface area (TPSA) is 84.9 Å².